The summed E-state index contributed by atoms with van der Waals surface area (Å²) in [4.78, 5) is 13.2. The van der Waals surface area contributed by atoms with Gasteiger partial charge >= 0.3 is 0 Å². The molecule has 0 N–H and O–H groups in total. The molecule has 4 aromatic rings. The number of hydrogen-bond acceptors (Lipinski definition) is 6. The van der Waals surface area contributed by atoms with Crippen LogP contribution in [0.5, 0.6) is 11.5 Å². The molecule has 136 valence electrons. The van der Waals surface area contributed by atoms with Crippen molar-refractivity contribution in [2.45, 2.75) is 6.92 Å². The van der Waals surface area contributed by atoms with Crippen molar-refractivity contribution in [3.63, 3.8) is 0 Å². The topological polar surface area (TPSA) is 74.7 Å². The number of nitrogens with zero attached hydrogens (tertiary/aromatic N) is 1. The number of fused-ring (bicyclic) bond motifs is 1. The van der Waals surface area contributed by atoms with E-state index in [1.807, 2.05) is 30.3 Å². The van der Waals surface area contributed by atoms with Crippen LogP contribution < -0.4 is 9.47 Å². The number of hydrogen-bond donors (Lipinski definition) is 0. The summed E-state index contributed by atoms with van der Waals surface area (Å²) >= 11 is 0. The third-order valence-electron chi connectivity index (χ3n) is 4.39. The van der Waals surface area contributed by atoms with Gasteiger partial charge in [-0.3, -0.25) is 4.79 Å². The zero-order chi connectivity index (χ0) is 19.0. The van der Waals surface area contributed by atoms with Crippen LogP contribution >= 0.6 is 0 Å². The molecule has 0 aliphatic rings. The van der Waals surface area contributed by atoms with Crippen LogP contribution in [0.1, 0.15) is 21.9 Å². The number of furan rings is 1. The smallest absolute Gasteiger partial charge is 0.234 e. The van der Waals surface area contributed by atoms with Gasteiger partial charge in [0.15, 0.2) is 5.76 Å². The summed E-state index contributed by atoms with van der Waals surface area (Å²) in [5.74, 6) is 1.46. The first kappa shape index (κ1) is 16.9. The van der Waals surface area contributed by atoms with Gasteiger partial charge in [-0.1, -0.05) is 35.5 Å². The molecule has 2 aromatic heterocycles. The second kappa shape index (κ2) is 6.64. The highest BCUT2D eigenvalue weighted by Gasteiger charge is 2.26. The lowest BCUT2D eigenvalue weighted by Crippen LogP contribution is -2.02. The molecule has 0 atom stereocenters. The van der Waals surface area contributed by atoms with Crippen molar-refractivity contribution in [3.05, 3.63) is 65.6 Å². The van der Waals surface area contributed by atoms with E-state index in [4.69, 9.17) is 18.4 Å². The third kappa shape index (κ3) is 2.85. The molecule has 2 heterocycles. The third-order valence-corrected chi connectivity index (χ3v) is 4.39. The Kier molecular flexibility index (Phi) is 4.16. The maximum absolute atomic E-state index is 13.2. The molecule has 0 saturated carbocycles. The molecule has 0 unspecified atom stereocenters. The Hall–Kier alpha value is -3.54. The number of ether oxygens (including phenoxy) is 2. The highest BCUT2D eigenvalue weighted by atomic mass is 16.5. The van der Waals surface area contributed by atoms with Crippen LogP contribution in [0, 0.1) is 6.92 Å². The molecular formula is C21H17NO5. The van der Waals surface area contributed by atoms with Crippen LogP contribution in [0.15, 0.2) is 57.5 Å². The molecule has 6 heteroatoms. The van der Waals surface area contributed by atoms with Crippen molar-refractivity contribution in [1.82, 2.24) is 5.16 Å². The molecule has 0 aliphatic carbocycles. The summed E-state index contributed by atoms with van der Waals surface area (Å²) in [5.41, 5.74) is 2.17. The minimum Gasteiger partial charge on any atom is -0.496 e. The number of aromatic nitrogens is 1. The Morgan fingerprint density at radius 3 is 2.52 bits per heavy atom. The van der Waals surface area contributed by atoms with E-state index in [1.165, 1.54) is 0 Å². The number of carbonyl (C=O) groups excluding carboxylic acids is 1. The summed E-state index contributed by atoms with van der Waals surface area (Å²) in [6.45, 7) is 1.71. The Morgan fingerprint density at radius 2 is 1.81 bits per heavy atom. The summed E-state index contributed by atoms with van der Waals surface area (Å²) in [6, 6.07) is 14.5. The molecule has 0 spiro atoms. The average Bonchev–Trinajstić information content (AvgIpc) is 3.30. The van der Waals surface area contributed by atoms with E-state index in [-0.39, 0.29) is 11.5 Å². The molecule has 0 radical (unpaired) electrons. The molecule has 2 aromatic carbocycles. The maximum atomic E-state index is 13.2. The van der Waals surface area contributed by atoms with Crippen molar-refractivity contribution in [1.29, 1.82) is 0 Å². The molecule has 6 nitrogen and oxygen atoms in total. The number of benzene rings is 2. The molecular weight excluding hydrogens is 346 g/mol. The van der Waals surface area contributed by atoms with Crippen molar-refractivity contribution in [2.75, 3.05) is 14.2 Å². The molecule has 0 fully saturated rings. The van der Waals surface area contributed by atoms with Gasteiger partial charge in [-0.15, -0.1) is 0 Å². The van der Waals surface area contributed by atoms with Crippen LogP contribution in [0.2, 0.25) is 0 Å². The standard InChI is InChI=1S/C21H17NO5/c1-12-19(20(22-27-12)13-7-5-4-6-8-13)21(23)18-11-15-16(25-3)9-14(24-2)10-17(15)26-18/h4-11H,1-3H3. The van der Waals surface area contributed by atoms with Gasteiger partial charge in [-0.2, -0.15) is 0 Å². The fourth-order valence-corrected chi connectivity index (χ4v) is 3.04. The van der Waals surface area contributed by atoms with E-state index in [1.54, 1.807) is 39.3 Å². The predicted molar refractivity (Wildman–Crippen MR) is 99.4 cm³/mol. The predicted octanol–water partition coefficient (Wildman–Crippen LogP) is 4.64. The number of methoxy groups -OCH3 is 2. The lowest BCUT2D eigenvalue weighted by atomic mass is 10.0. The lowest BCUT2D eigenvalue weighted by Gasteiger charge is -2.04. The zero-order valence-electron chi connectivity index (χ0n) is 15.1. The summed E-state index contributed by atoms with van der Waals surface area (Å²) in [6.07, 6.45) is 0. The number of ketones is 1. The Labute approximate surface area is 155 Å². The van der Waals surface area contributed by atoms with Gasteiger partial charge in [0.05, 0.1) is 25.2 Å². The van der Waals surface area contributed by atoms with Gasteiger partial charge in [0, 0.05) is 17.7 Å². The van der Waals surface area contributed by atoms with Crippen molar-refractivity contribution >= 4 is 16.8 Å². The van der Waals surface area contributed by atoms with Gasteiger partial charge in [0.1, 0.15) is 28.5 Å². The van der Waals surface area contributed by atoms with E-state index < -0.39 is 0 Å². The number of rotatable bonds is 5. The van der Waals surface area contributed by atoms with Gasteiger partial charge in [0.2, 0.25) is 5.78 Å². The highest BCUT2D eigenvalue weighted by molar-refractivity contribution is 6.13. The van der Waals surface area contributed by atoms with Crippen LogP contribution in [-0.4, -0.2) is 25.2 Å². The highest BCUT2D eigenvalue weighted by Crippen LogP contribution is 2.35. The Balaban J connectivity index is 1.84. The molecule has 0 amide bonds. The van der Waals surface area contributed by atoms with Crippen molar-refractivity contribution in [2.24, 2.45) is 0 Å². The zero-order valence-corrected chi connectivity index (χ0v) is 15.1. The van der Waals surface area contributed by atoms with E-state index in [9.17, 15) is 4.79 Å². The van der Waals surface area contributed by atoms with E-state index in [0.717, 1.165) is 5.56 Å². The number of aryl methyl sites for hydroxylation is 1. The second-order valence-electron chi connectivity index (χ2n) is 6.01. The van der Waals surface area contributed by atoms with Crippen LogP contribution in [-0.2, 0) is 0 Å². The van der Waals surface area contributed by atoms with Crippen LogP contribution in [0.4, 0.5) is 0 Å². The second-order valence-corrected chi connectivity index (χ2v) is 6.01. The van der Waals surface area contributed by atoms with E-state index in [0.29, 0.717) is 39.5 Å². The largest absolute Gasteiger partial charge is 0.496 e. The molecule has 27 heavy (non-hydrogen) atoms. The fraction of sp³-hybridized carbons (Fsp3) is 0.143. The van der Waals surface area contributed by atoms with Gasteiger partial charge in [-0.25, -0.2) is 0 Å². The quantitative estimate of drug-likeness (QED) is 0.481. The minimum absolute atomic E-state index is 0.181. The summed E-state index contributed by atoms with van der Waals surface area (Å²) < 4.78 is 21.7. The SMILES string of the molecule is COc1cc(OC)c2cc(C(=O)c3c(-c4ccccc4)noc3C)oc2c1. The summed E-state index contributed by atoms with van der Waals surface area (Å²) in [7, 11) is 3.11. The molecule has 0 aliphatic heterocycles. The first-order valence-corrected chi connectivity index (χ1v) is 8.34. The molecule has 0 saturated heterocycles. The first-order chi connectivity index (χ1) is 13.1. The minimum atomic E-state index is -0.301. The van der Waals surface area contributed by atoms with Crippen LogP contribution in [0.25, 0.3) is 22.2 Å². The average molecular weight is 363 g/mol. The normalized spacial score (nSPS) is 10.9. The Bertz CT molecular complexity index is 1120. The number of carbonyl (C=O) groups is 1. The monoisotopic (exact) mass is 363 g/mol. The van der Waals surface area contributed by atoms with E-state index in [2.05, 4.69) is 5.16 Å². The maximum Gasteiger partial charge on any atom is 0.234 e. The molecule has 4 rings (SSSR count). The summed E-state index contributed by atoms with van der Waals surface area (Å²) in [5, 5.41) is 4.76. The van der Waals surface area contributed by atoms with Crippen molar-refractivity contribution in [3.8, 4) is 22.8 Å². The molecule has 0 bridgehead atoms. The first-order valence-electron chi connectivity index (χ1n) is 8.34. The lowest BCUT2D eigenvalue weighted by molar-refractivity contribution is 0.101. The van der Waals surface area contributed by atoms with Gasteiger partial charge in [-0.05, 0) is 13.0 Å². The van der Waals surface area contributed by atoms with Gasteiger partial charge in [0.25, 0.3) is 0 Å². The fourth-order valence-electron chi connectivity index (χ4n) is 3.04. The van der Waals surface area contributed by atoms with Crippen LogP contribution in [0.3, 0.4) is 0 Å². The van der Waals surface area contributed by atoms with Crippen molar-refractivity contribution < 1.29 is 23.2 Å². The van der Waals surface area contributed by atoms with E-state index >= 15 is 0 Å². The Morgan fingerprint density at radius 1 is 1.04 bits per heavy atom. The van der Waals surface area contributed by atoms with Gasteiger partial charge < -0.3 is 18.4 Å².